The summed E-state index contributed by atoms with van der Waals surface area (Å²) in [6.07, 6.45) is 3.52. The summed E-state index contributed by atoms with van der Waals surface area (Å²) in [5.74, 6) is 2.73. The highest BCUT2D eigenvalue weighted by atomic mass is 35.5. The lowest BCUT2D eigenvalue weighted by Gasteiger charge is -2.10. The first kappa shape index (κ1) is 18.8. The zero-order chi connectivity index (χ0) is 18.7. The number of halogens is 1. The Hall–Kier alpha value is -2.01. The van der Waals surface area contributed by atoms with E-state index in [0.717, 1.165) is 17.2 Å². The van der Waals surface area contributed by atoms with Crippen molar-refractivity contribution in [2.45, 2.75) is 18.1 Å². The van der Waals surface area contributed by atoms with Crippen molar-refractivity contribution in [1.29, 1.82) is 0 Å². The average Bonchev–Trinajstić information content (AvgIpc) is 3.20. The van der Waals surface area contributed by atoms with Crippen LogP contribution in [0.2, 0.25) is 4.34 Å². The van der Waals surface area contributed by atoms with Crippen molar-refractivity contribution in [3.8, 4) is 5.82 Å². The fourth-order valence-corrected chi connectivity index (χ4v) is 4.83. The molecule has 0 atom stereocenters. The minimum Gasteiger partial charge on any atom is -0.369 e. The second-order valence-electron chi connectivity index (χ2n) is 5.39. The van der Waals surface area contributed by atoms with Gasteiger partial charge in [-0.3, -0.25) is 4.57 Å². The van der Waals surface area contributed by atoms with Gasteiger partial charge in [0.05, 0.1) is 4.34 Å². The van der Waals surface area contributed by atoms with Crippen LogP contribution in [0.5, 0.6) is 0 Å². The zero-order valence-electron chi connectivity index (χ0n) is 14.1. The Balaban J connectivity index is 1.62. The monoisotopic (exact) mass is 412 g/mol. The van der Waals surface area contributed by atoms with Crippen LogP contribution in [0.1, 0.15) is 11.6 Å². The van der Waals surface area contributed by atoms with Gasteiger partial charge in [0.25, 0.3) is 0 Å². The minimum atomic E-state index is -3.55. The van der Waals surface area contributed by atoms with Crippen LogP contribution in [0, 0.1) is 13.8 Å². The number of aryl methyl sites for hydroxylation is 2. The maximum atomic E-state index is 12.1. The summed E-state index contributed by atoms with van der Waals surface area (Å²) in [5, 5.41) is 3.10. The number of hydrogen-bond donors (Lipinski definition) is 2. The number of rotatable bonds is 7. The molecule has 0 radical (unpaired) electrons. The topological polar surface area (TPSA) is 102 Å². The zero-order valence-corrected chi connectivity index (χ0v) is 16.5. The highest BCUT2D eigenvalue weighted by molar-refractivity contribution is 7.91. The number of sulfonamides is 1. The van der Waals surface area contributed by atoms with Crippen LogP contribution in [-0.4, -0.2) is 41.0 Å². The molecule has 0 amide bonds. The van der Waals surface area contributed by atoms with Crippen LogP contribution in [0.3, 0.4) is 0 Å². The van der Waals surface area contributed by atoms with E-state index in [-0.39, 0.29) is 10.8 Å². The normalized spacial score (nSPS) is 11.7. The van der Waals surface area contributed by atoms with Crippen molar-refractivity contribution < 1.29 is 8.42 Å². The Kier molecular flexibility index (Phi) is 5.56. The van der Waals surface area contributed by atoms with E-state index in [9.17, 15) is 8.42 Å². The third-order valence-electron chi connectivity index (χ3n) is 3.43. The van der Waals surface area contributed by atoms with Crippen LogP contribution in [0.15, 0.2) is 34.8 Å². The fraction of sp³-hybridized carbons (Fsp3) is 0.267. The number of nitrogens with zero attached hydrogens (tertiary/aromatic N) is 4. The highest BCUT2D eigenvalue weighted by Gasteiger charge is 2.15. The van der Waals surface area contributed by atoms with E-state index in [1.807, 2.05) is 17.7 Å². The van der Waals surface area contributed by atoms with Gasteiger partial charge in [-0.1, -0.05) is 11.6 Å². The van der Waals surface area contributed by atoms with E-state index in [0.29, 0.717) is 28.3 Å². The van der Waals surface area contributed by atoms with Crippen molar-refractivity contribution in [2.75, 3.05) is 18.4 Å². The second-order valence-corrected chi connectivity index (χ2v) is 9.10. The molecule has 0 spiro atoms. The Labute approximate surface area is 160 Å². The van der Waals surface area contributed by atoms with Gasteiger partial charge in [0.15, 0.2) is 0 Å². The largest absolute Gasteiger partial charge is 0.369 e. The van der Waals surface area contributed by atoms with Gasteiger partial charge in [-0.2, -0.15) is 0 Å². The summed E-state index contributed by atoms with van der Waals surface area (Å²) in [6.45, 7) is 4.26. The first-order chi connectivity index (χ1) is 12.3. The molecule has 3 heterocycles. The standard InChI is InChI=1S/C15H17ClN6O2S2/c1-10-20-13(9-14(21-10)22-8-7-17-11(22)2)18-5-6-19-26(23,24)15-4-3-12(16)25-15/h3-4,7-9,19H,5-6H2,1-2H3,(H,18,20,21). The van der Waals surface area contributed by atoms with Crippen molar-refractivity contribution >= 4 is 38.8 Å². The molecular weight excluding hydrogens is 396 g/mol. The Morgan fingerprint density at radius 1 is 1.23 bits per heavy atom. The third kappa shape index (κ3) is 4.39. The van der Waals surface area contributed by atoms with E-state index in [1.165, 1.54) is 6.07 Å². The van der Waals surface area contributed by atoms with Crippen molar-refractivity contribution in [3.05, 3.63) is 46.6 Å². The molecule has 3 aromatic heterocycles. The van der Waals surface area contributed by atoms with Crippen molar-refractivity contribution in [1.82, 2.24) is 24.2 Å². The SMILES string of the molecule is Cc1nc(NCCNS(=O)(=O)c2ccc(Cl)s2)cc(-n2ccnc2C)n1. The fourth-order valence-electron chi connectivity index (χ4n) is 2.28. The molecule has 0 aliphatic rings. The second kappa shape index (κ2) is 7.70. The predicted octanol–water partition coefficient (Wildman–Crippen LogP) is 2.38. The van der Waals surface area contributed by atoms with Gasteiger partial charge in [0, 0.05) is 31.5 Å². The number of imidazole rings is 1. The van der Waals surface area contributed by atoms with Crippen molar-refractivity contribution in [3.63, 3.8) is 0 Å². The Morgan fingerprint density at radius 3 is 2.69 bits per heavy atom. The summed E-state index contributed by atoms with van der Waals surface area (Å²) in [4.78, 5) is 12.9. The third-order valence-corrected chi connectivity index (χ3v) is 6.62. The number of anilines is 1. The summed E-state index contributed by atoms with van der Waals surface area (Å²) in [5.41, 5.74) is 0. The van der Waals surface area contributed by atoms with Crippen LogP contribution >= 0.6 is 22.9 Å². The van der Waals surface area contributed by atoms with Gasteiger partial charge in [0.2, 0.25) is 10.0 Å². The van der Waals surface area contributed by atoms with Crippen LogP contribution in [0.25, 0.3) is 5.82 Å². The summed E-state index contributed by atoms with van der Waals surface area (Å²) >= 11 is 6.80. The molecule has 0 saturated carbocycles. The molecule has 26 heavy (non-hydrogen) atoms. The molecule has 0 aliphatic heterocycles. The summed E-state index contributed by atoms with van der Waals surface area (Å²) in [7, 11) is -3.55. The molecule has 3 aromatic rings. The minimum absolute atomic E-state index is 0.193. The van der Waals surface area contributed by atoms with Crippen LogP contribution in [0.4, 0.5) is 5.82 Å². The highest BCUT2D eigenvalue weighted by Crippen LogP contribution is 2.25. The molecule has 0 saturated heterocycles. The quantitative estimate of drug-likeness (QED) is 0.577. The first-order valence-electron chi connectivity index (χ1n) is 7.70. The Morgan fingerprint density at radius 2 is 2.04 bits per heavy atom. The van der Waals surface area contributed by atoms with Gasteiger partial charge >= 0.3 is 0 Å². The summed E-state index contributed by atoms with van der Waals surface area (Å²) < 4.78 is 29.3. The average molecular weight is 413 g/mol. The number of aromatic nitrogens is 4. The summed E-state index contributed by atoms with van der Waals surface area (Å²) in [6, 6.07) is 4.83. The van der Waals surface area contributed by atoms with Crippen LogP contribution in [-0.2, 0) is 10.0 Å². The molecule has 0 aliphatic carbocycles. The maximum absolute atomic E-state index is 12.1. The van der Waals surface area contributed by atoms with Gasteiger partial charge in [-0.25, -0.2) is 28.1 Å². The number of thiophene rings is 1. The molecular formula is C15H17ClN6O2S2. The Bertz CT molecular complexity index is 1010. The van der Waals surface area contributed by atoms with Gasteiger partial charge in [0.1, 0.15) is 27.5 Å². The molecule has 0 fully saturated rings. The molecule has 8 nitrogen and oxygen atoms in total. The first-order valence-corrected chi connectivity index (χ1v) is 10.4. The van der Waals surface area contributed by atoms with E-state index < -0.39 is 10.0 Å². The van der Waals surface area contributed by atoms with E-state index >= 15 is 0 Å². The molecule has 11 heteroatoms. The molecule has 138 valence electrons. The van der Waals surface area contributed by atoms with Gasteiger partial charge < -0.3 is 5.32 Å². The molecule has 0 bridgehead atoms. The van der Waals surface area contributed by atoms with Gasteiger partial charge in [-0.05, 0) is 26.0 Å². The van der Waals surface area contributed by atoms with Crippen LogP contribution < -0.4 is 10.0 Å². The number of nitrogens with one attached hydrogen (secondary N) is 2. The molecule has 0 unspecified atom stereocenters. The lowest BCUT2D eigenvalue weighted by atomic mass is 10.4. The van der Waals surface area contributed by atoms with E-state index in [1.54, 1.807) is 25.3 Å². The van der Waals surface area contributed by atoms with E-state index in [2.05, 4.69) is 25.0 Å². The lowest BCUT2D eigenvalue weighted by Crippen LogP contribution is -2.28. The maximum Gasteiger partial charge on any atom is 0.250 e. The lowest BCUT2D eigenvalue weighted by molar-refractivity contribution is 0.585. The number of hydrogen-bond acceptors (Lipinski definition) is 7. The molecule has 0 aromatic carbocycles. The van der Waals surface area contributed by atoms with Crippen molar-refractivity contribution in [2.24, 2.45) is 0 Å². The molecule has 3 rings (SSSR count). The van der Waals surface area contributed by atoms with E-state index in [4.69, 9.17) is 11.6 Å². The molecule has 2 N–H and O–H groups in total. The predicted molar refractivity (Wildman–Crippen MR) is 102 cm³/mol. The smallest absolute Gasteiger partial charge is 0.250 e. The van der Waals surface area contributed by atoms with Gasteiger partial charge in [-0.15, -0.1) is 11.3 Å².